The van der Waals surface area contributed by atoms with E-state index in [1.165, 1.54) is 11.1 Å². The Bertz CT molecular complexity index is 492. The molecule has 3 nitrogen and oxygen atoms in total. The lowest BCUT2D eigenvalue weighted by atomic mass is 10.3. The Morgan fingerprint density at radius 3 is 1.20 bits per heavy atom. The van der Waals surface area contributed by atoms with Gasteiger partial charge in [0.2, 0.25) is 0 Å². The first kappa shape index (κ1) is 24.7. The van der Waals surface area contributed by atoms with Gasteiger partial charge in [-0.15, -0.1) is 0 Å². The zero-order valence-corrected chi connectivity index (χ0v) is 16.8. The Labute approximate surface area is 154 Å². The molecule has 3 rings (SSSR count). The molecular formula is C22H33N3. The van der Waals surface area contributed by atoms with Crippen molar-refractivity contribution in [3.63, 3.8) is 0 Å². The van der Waals surface area contributed by atoms with Gasteiger partial charge in [0, 0.05) is 36.7 Å². The molecule has 3 heterocycles. The fraction of sp³-hybridized carbons (Fsp3) is 0.318. The van der Waals surface area contributed by atoms with Gasteiger partial charge in [0.05, 0.1) is 0 Å². The number of rotatable bonds is 0. The van der Waals surface area contributed by atoms with Gasteiger partial charge in [-0.05, 0) is 56.2 Å². The molecule has 3 aromatic rings. The molecule has 0 N–H and O–H groups in total. The number of hydrogen-bond donors (Lipinski definition) is 0. The molecule has 0 amide bonds. The highest BCUT2D eigenvalue weighted by atomic mass is 14.6. The third-order valence-electron chi connectivity index (χ3n) is 2.43. The lowest BCUT2D eigenvalue weighted by Gasteiger charge is -1.82. The Hall–Kier alpha value is -2.55. The summed E-state index contributed by atoms with van der Waals surface area (Å²) < 4.78 is 0. The highest BCUT2D eigenvalue weighted by Gasteiger charge is 1.74. The van der Waals surface area contributed by atoms with Crippen LogP contribution in [-0.2, 0) is 0 Å². The van der Waals surface area contributed by atoms with Gasteiger partial charge in [-0.25, -0.2) is 0 Å². The molecule has 0 fully saturated rings. The maximum absolute atomic E-state index is 3.98. The van der Waals surface area contributed by atoms with Crippen molar-refractivity contribution in [3.05, 3.63) is 90.3 Å². The number of aryl methyl sites for hydroxylation is 3. The Balaban J connectivity index is 0. The summed E-state index contributed by atoms with van der Waals surface area (Å²) in [6.45, 7) is 14.0. The largest absolute Gasteiger partial charge is 0.264 e. The molecule has 0 radical (unpaired) electrons. The minimum Gasteiger partial charge on any atom is -0.264 e. The van der Waals surface area contributed by atoms with Crippen molar-refractivity contribution in [1.29, 1.82) is 0 Å². The van der Waals surface area contributed by atoms with Gasteiger partial charge in [-0.1, -0.05) is 45.9 Å². The Morgan fingerprint density at radius 2 is 1.04 bits per heavy atom. The summed E-state index contributed by atoms with van der Waals surface area (Å²) in [5.41, 5.74) is 3.49. The average molecular weight is 340 g/mol. The predicted molar refractivity (Wildman–Crippen MR) is 110 cm³/mol. The number of hydrogen-bond acceptors (Lipinski definition) is 3. The molecule has 0 saturated carbocycles. The zero-order valence-electron chi connectivity index (χ0n) is 16.8. The van der Waals surface area contributed by atoms with E-state index in [0.29, 0.717) is 0 Å². The second kappa shape index (κ2) is 19.5. The summed E-state index contributed by atoms with van der Waals surface area (Å²) in [5, 5.41) is 0. The van der Waals surface area contributed by atoms with Crippen LogP contribution >= 0.6 is 0 Å². The molecule has 25 heavy (non-hydrogen) atoms. The van der Waals surface area contributed by atoms with E-state index in [0.717, 1.165) is 5.69 Å². The third kappa shape index (κ3) is 17.6. The molecule has 0 spiro atoms. The maximum Gasteiger partial charge on any atom is 0.0372 e. The van der Waals surface area contributed by atoms with Crippen molar-refractivity contribution in [2.45, 2.75) is 48.5 Å². The maximum atomic E-state index is 3.98. The van der Waals surface area contributed by atoms with Gasteiger partial charge in [0.15, 0.2) is 0 Å². The molecule has 0 unspecified atom stereocenters. The fourth-order valence-electron chi connectivity index (χ4n) is 1.34. The number of nitrogens with zero attached hydrogens (tertiary/aromatic N) is 3. The van der Waals surface area contributed by atoms with Crippen LogP contribution in [0.5, 0.6) is 0 Å². The lowest BCUT2D eigenvalue weighted by molar-refractivity contribution is 1.20. The summed E-state index contributed by atoms with van der Waals surface area (Å²) >= 11 is 0. The summed E-state index contributed by atoms with van der Waals surface area (Å²) in [5.74, 6) is 0. The monoisotopic (exact) mass is 339 g/mol. The second-order valence-electron chi connectivity index (χ2n) is 4.53. The second-order valence-corrected chi connectivity index (χ2v) is 4.53. The van der Waals surface area contributed by atoms with Crippen LogP contribution in [0.15, 0.2) is 73.4 Å². The highest BCUT2D eigenvalue weighted by Crippen LogP contribution is 1.89. The van der Waals surface area contributed by atoms with Crippen molar-refractivity contribution < 1.29 is 0 Å². The van der Waals surface area contributed by atoms with E-state index in [-0.39, 0.29) is 0 Å². The van der Waals surface area contributed by atoms with Crippen LogP contribution in [0, 0.1) is 20.8 Å². The Kier molecular flexibility index (Phi) is 19.3. The molecule has 0 bridgehead atoms. The minimum atomic E-state index is 1.07. The normalized spacial score (nSPS) is 7.80. The summed E-state index contributed by atoms with van der Waals surface area (Å²) in [6.07, 6.45) is 9.00. The van der Waals surface area contributed by atoms with E-state index in [1.807, 2.05) is 103 Å². The first-order valence-electron chi connectivity index (χ1n) is 8.79. The molecule has 0 atom stereocenters. The molecule has 0 aliphatic carbocycles. The molecule has 136 valence electrons. The molecule has 0 aliphatic heterocycles. The van der Waals surface area contributed by atoms with E-state index in [2.05, 4.69) is 15.0 Å². The van der Waals surface area contributed by atoms with Crippen LogP contribution < -0.4 is 0 Å². The van der Waals surface area contributed by atoms with Gasteiger partial charge >= 0.3 is 0 Å². The zero-order chi connectivity index (χ0) is 19.3. The number of aromatic nitrogens is 3. The van der Waals surface area contributed by atoms with Gasteiger partial charge in [-0.3, -0.25) is 15.0 Å². The standard InChI is InChI=1S/3C6H7N.2C2H6/c2*1-6-3-2-4-7-5-6;1-6-4-2-3-5-7-6;2*1-2/h3*2-5H,1H3;2*1-2H3. The van der Waals surface area contributed by atoms with Crippen LogP contribution in [0.3, 0.4) is 0 Å². The van der Waals surface area contributed by atoms with Crippen molar-refractivity contribution in [3.8, 4) is 0 Å². The molecule has 0 saturated heterocycles. The van der Waals surface area contributed by atoms with E-state index in [9.17, 15) is 0 Å². The van der Waals surface area contributed by atoms with Crippen molar-refractivity contribution >= 4 is 0 Å². The van der Waals surface area contributed by atoms with E-state index < -0.39 is 0 Å². The van der Waals surface area contributed by atoms with Crippen LogP contribution in [0.25, 0.3) is 0 Å². The lowest BCUT2D eigenvalue weighted by Crippen LogP contribution is -1.72. The summed E-state index contributed by atoms with van der Waals surface area (Å²) in [4.78, 5) is 11.7. The van der Waals surface area contributed by atoms with Gasteiger partial charge in [0.25, 0.3) is 0 Å². The van der Waals surface area contributed by atoms with Crippen molar-refractivity contribution in [1.82, 2.24) is 15.0 Å². The molecule has 0 aromatic carbocycles. The minimum absolute atomic E-state index is 1.07. The first-order chi connectivity index (χ1) is 12.2. The molecule has 3 heteroatoms. The Morgan fingerprint density at radius 1 is 0.560 bits per heavy atom. The third-order valence-corrected chi connectivity index (χ3v) is 2.43. The quantitative estimate of drug-likeness (QED) is 0.488. The molecule has 0 aliphatic rings. The van der Waals surface area contributed by atoms with Gasteiger partial charge in [-0.2, -0.15) is 0 Å². The van der Waals surface area contributed by atoms with Crippen molar-refractivity contribution in [2.24, 2.45) is 0 Å². The first-order valence-corrected chi connectivity index (χ1v) is 8.79. The van der Waals surface area contributed by atoms with E-state index >= 15 is 0 Å². The predicted octanol–water partition coefficient (Wildman–Crippen LogP) is 6.22. The highest BCUT2D eigenvalue weighted by molar-refractivity contribution is 5.05. The summed E-state index contributed by atoms with van der Waals surface area (Å²) in [7, 11) is 0. The van der Waals surface area contributed by atoms with Crippen LogP contribution in [0.1, 0.15) is 44.5 Å². The smallest absolute Gasteiger partial charge is 0.0372 e. The van der Waals surface area contributed by atoms with Gasteiger partial charge in [0.1, 0.15) is 0 Å². The fourth-order valence-corrected chi connectivity index (χ4v) is 1.34. The molecule has 3 aromatic heterocycles. The van der Waals surface area contributed by atoms with Crippen molar-refractivity contribution in [2.75, 3.05) is 0 Å². The average Bonchev–Trinajstić information content (AvgIpc) is 2.68. The molecular weight excluding hydrogens is 306 g/mol. The topological polar surface area (TPSA) is 38.7 Å². The van der Waals surface area contributed by atoms with Crippen LogP contribution in [-0.4, -0.2) is 15.0 Å². The number of pyridine rings is 3. The van der Waals surface area contributed by atoms with E-state index in [1.54, 1.807) is 18.6 Å². The SMILES string of the molecule is CC.CC.Cc1ccccn1.Cc1cccnc1.Cc1cccnc1. The van der Waals surface area contributed by atoms with Crippen LogP contribution in [0.2, 0.25) is 0 Å². The van der Waals surface area contributed by atoms with Crippen LogP contribution in [0.4, 0.5) is 0 Å². The van der Waals surface area contributed by atoms with Gasteiger partial charge < -0.3 is 0 Å². The summed E-state index contributed by atoms with van der Waals surface area (Å²) in [6, 6.07) is 13.8. The van der Waals surface area contributed by atoms with E-state index in [4.69, 9.17) is 0 Å².